The summed E-state index contributed by atoms with van der Waals surface area (Å²) in [4.78, 5) is 11.1. The lowest BCUT2D eigenvalue weighted by Crippen LogP contribution is -2.41. The van der Waals surface area contributed by atoms with Crippen molar-refractivity contribution in [2.45, 2.75) is 38.9 Å². The Balaban J connectivity index is 2.38. The van der Waals surface area contributed by atoms with Gasteiger partial charge >= 0.3 is 7.12 Å². The number of hydrogen-bond donors (Lipinski definition) is 1. The van der Waals surface area contributed by atoms with Crippen molar-refractivity contribution in [1.29, 1.82) is 0 Å². The Kier molecular flexibility index (Phi) is 4.56. The number of rotatable bonds is 4. The Morgan fingerprint density at radius 3 is 2.36 bits per heavy atom. The fourth-order valence-corrected chi connectivity index (χ4v) is 2.19. The molecule has 1 saturated heterocycles. The van der Waals surface area contributed by atoms with Crippen molar-refractivity contribution < 1.29 is 23.6 Å². The maximum atomic E-state index is 13.6. The van der Waals surface area contributed by atoms with Gasteiger partial charge in [-0.15, -0.1) is 0 Å². The number of carbonyl (C=O) groups excluding carboxylic acids is 1. The summed E-state index contributed by atoms with van der Waals surface area (Å²) in [5.74, 6) is -0.602. The van der Waals surface area contributed by atoms with E-state index in [9.17, 15) is 14.3 Å². The molecule has 1 aromatic carbocycles. The quantitative estimate of drug-likeness (QED) is 0.686. The molecule has 0 aromatic heterocycles. The predicted octanol–water partition coefficient (Wildman–Crippen LogP) is 2.65. The Labute approximate surface area is 130 Å². The smallest absolute Gasteiger partial charge is 0.400 e. The fraction of sp³-hybridized carbons (Fsp3) is 0.438. The second-order valence-electron chi connectivity index (χ2n) is 6.33. The van der Waals surface area contributed by atoms with Crippen LogP contribution < -0.4 is 0 Å². The summed E-state index contributed by atoms with van der Waals surface area (Å²) in [6.07, 6.45) is 2.00. The van der Waals surface area contributed by atoms with Gasteiger partial charge in [-0.3, -0.25) is 4.79 Å². The van der Waals surface area contributed by atoms with Gasteiger partial charge in [0.2, 0.25) is 0 Å². The molecule has 1 aliphatic heterocycles. The molecule has 6 heteroatoms. The average molecular weight is 306 g/mol. The van der Waals surface area contributed by atoms with Crippen LogP contribution >= 0.6 is 0 Å². The van der Waals surface area contributed by atoms with Crippen molar-refractivity contribution in [2.75, 3.05) is 6.61 Å². The van der Waals surface area contributed by atoms with E-state index >= 15 is 0 Å². The van der Waals surface area contributed by atoms with Crippen LogP contribution in [0.3, 0.4) is 0 Å². The van der Waals surface area contributed by atoms with Gasteiger partial charge in [-0.1, -0.05) is 18.2 Å². The Morgan fingerprint density at radius 2 is 1.86 bits per heavy atom. The van der Waals surface area contributed by atoms with Crippen molar-refractivity contribution in [3.63, 3.8) is 0 Å². The minimum Gasteiger partial charge on any atom is -0.400 e. The third-order valence-corrected chi connectivity index (χ3v) is 4.28. The van der Waals surface area contributed by atoms with Gasteiger partial charge in [0.05, 0.1) is 23.4 Å². The third kappa shape index (κ3) is 3.00. The van der Waals surface area contributed by atoms with Crippen molar-refractivity contribution in [1.82, 2.24) is 0 Å². The van der Waals surface area contributed by atoms with E-state index in [1.807, 2.05) is 27.7 Å². The van der Waals surface area contributed by atoms with E-state index < -0.39 is 24.1 Å². The third-order valence-electron chi connectivity index (χ3n) is 4.28. The van der Waals surface area contributed by atoms with Crippen LogP contribution in [0, 0.1) is 5.82 Å². The van der Waals surface area contributed by atoms with Crippen LogP contribution in [-0.2, 0) is 9.31 Å². The van der Waals surface area contributed by atoms with Crippen molar-refractivity contribution in [3.8, 4) is 0 Å². The largest absolute Gasteiger partial charge is 0.492 e. The van der Waals surface area contributed by atoms with Crippen LogP contribution in [0.5, 0.6) is 0 Å². The summed E-state index contributed by atoms with van der Waals surface area (Å²) >= 11 is 0. The van der Waals surface area contributed by atoms with Gasteiger partial charge in [-0.2, -0.15) is 0 Å². The van der Waals surface area contributed by atoms with Gasteiger partial charge in [0.25, 0.3) is 0 Å². The molecular formula is C16H20BFO4. The van der Waals surface area contributed by atoms with Crippen LogP contribution in [0.2, 0.25) is 0 Å². The number of carbonyl (C=O) groups is 1. The molecule has 2 rings (SSSR count). The summed E-state index contributed by atoms with van der Waals surface area (Å²) in [7, 11) is -0.738. The summed E-state index contributed by atoms with van der Waals surface area (Å²) in [5.41, 5.74) is -0.311. The number of hydrogen-bond acceptors (Lipinski definition) is 4. The second kappa shape index (κ2) is 5.95. The van der Waals surface area contributed by atoms with Gasteiger partial charge in [-0.05, 0) is 44.8 Å². The number of benzene rings is 1. The van der Waals surface area contributed by atoms with Crippen LogP contribution in [0.15, 0.2) is 23.7 Å². The van der Waals surface area contributed by atoms with Gasteiger partial charge < -0.3 is 14.4 Å². The maximum Gasteiger partial charge on any atom is 0.492 e. The normalized spacial score (nSPS) is 20.3. The molecule has 0 bridgehead atoms. The number of halogens is 1. The zero-order chi connectivity index (χ0) is 16.5. The highest BCUT2D eigenvalue weighted by molar-refractivity contribution is 6.55. The molecular weight excluding hydrogens is 286 g/mol. The SMILES string of the molecule is CC1(C)OB(C(=Cc2cccc(F)c2C=O)CO)OC1(C)C. The summed E-state index contributed by atoms with van der Waals surface area (Å²) < 4.78 is 25.4. The van der Waals surface area contributed by atoms with Crippen LogP contribution in [0.4, 0.5) is 4.39 Å². The zero-order valence-electron chi connectivity index (χ0n) is 13.2. The molecule has 0 unspecified atom stereocenters. The molecule has 1 aliphatic rings. The van der Waals surface area contributed by atoms with E-state index in [0.717, 1.165) is 0 Å². The summed E-state index contributed by atoms with van der Waals surface area (Å²) in [6.45, 7) is 7.30. The van der Waals surface area contributed by atoms with Crippen molar-refractivity contribution in [3.05, 3.63) is 40.6 Å². The molecule has 0 amide bonds. The zero-order valence-corrected chi connectivity index (χ0v) is 13.2. The van der Waals surface area contributed by atoms with Crippen LogP contribution in [0.1, 0.15) is 43.6 Å². The molecule has 22 heavy (non-hydrogen) atoms. The highest BCUT2D eigenvalue weighted by Gasteiger charge is 2.52. The molecule has 0 spiro atoms. The van der Waals surface area contributed by atoms with E-state index in [0.29, 0.717) is 17.3 Å². The first-order valence-electron chi connectivity index (χ1n) is 7.12. The Bertz CT molecular complexity index is 594. The predicted molar refractivity (Wildman–Crippen MR) is 82.9 cm³/mol. The van der Waals surface area contributed by atoms with E-state index in [2.05, 4.69) is 0 Å². The average Bonchev–Trinajstić information content (AvgIpc) is 2.64. The first-order chi connectivity index (χ1) is 10.2. The van der Waals surface area contributed by atoms with Gasteiger partial charge in [-0.25, -0.2) is 4.39 Å². The highest BCUT2D eigenvalue weighted by atomic mass is 19.1. The van der Waals surface area contributed by atoms with E-state index in [1.54, 1.807) is 6.07 Å². The van der Waals surface area contributed by atoms with Crippen LogP contribution in [-0.4, -0.2) is 36.3 Å². The molecule has 1 aromatic rings. The van der Waals surface area contributed by atoms with Crippen LogP contribution in [0.25, 0.3) is 6.08 Å². The first-order valence-corrected chi connectivity index (χ1v) is 7.12. The van der Waals surface area contributed by atoms with Gasteiger partial charge in [0.15, 0.2) is 6.29 Å². The lowest BCUT2D eigenvalue weighted by Gasteiger charge is -2.32. The van der Waals surface area contributed by atoms with Crippen molar-refractivity contribution in [2.24, 2.45) is 0 Å². The summed E-state index contributed by atoms with van der Waals surface area (Å²) in [5, 5.41) is 9.61. The fourth-order valence-electron chi connectivity index (χ4n) is 2.19. The Hall–Kier alpha value is -1.50. The molecule has 1 N–H and O–H groups in total. The number of aliphatic hydroxyl groups excluding tert-OH is 1. The van der Waals surface area contributed by atoms with Gasteiger partial charge in [0.1, 0.15) is 5.82 Å². The molecule has 118 valence electrons. The molecule has 0 aliphatic carbocycles. The maximum absolute atomic E-state index is 13.6. The molecule has 1 heterocycles. The highest BCUT2D eigenvalue weighted by Crippen LogP contribution is 2.38. The lowest BCUT2D eigenvalue weighted by molar-refractivity contribution is 0.00578. The van der Waals surface area contributed by atoms with E-state index in [4.69, 9.17) is 9.31 Å². The van der Waals surface area contributed by atoms with Gasteiger partial charge in [0, 0.05) is 0 Å². The Morgan fingerprint density at radius 1 is 1.27 bits per heavy atom. The monoisotopic (exact) mass is 306 g/mol. The minimum atomic E-state index is -0.738. The molecule has 0 atom stereocenters. The molecule has 1 fully saturated rings. The number of aliphatic hydroxyl groups is 1. The molecule has 0 saturated carbocycles. The summed E-state index contributed by atoms with van der Waals surface area (Å²) in [6, 6.07) is 4.33. The molecule has 0 radical (unpaired) electrons. The lowest BCUT2D eigenvalue weighted by atomic mass is 9.77. The topological polar surface area (TPSA) is 55.8 Å². The van der Waals surface area contributed by atoms with Crippen molar-refractivity contribution >= 4 is 19.5 Å². The minimum absolute atomic E-state index is 0.0510. The van der Waals surface area contributed by atoms with E-state index in [-0.39, 0.29) is 12.2 Å². The van der Waals surface area contributed by atoms with E-state index in [1.165, 1.54) is 18.2 Å². The molecule has 4 nitrogen and oxygen atoms in total. The second-order valence-corrected chi connectivity index (χ2v) is 6.33. The number of aldehydes is 1. The first kappa shape index (κ1) is 16.9. The standard InChI is InChI=1S/C16H20BFO4/c1-15(2)16(3,4)22-17(21-15)12(9-19)8-11-6-5-7-14(18)13(11)10-20/h5-8,10,19H,9H2,1-4H3.